The Morgan fingerprint density at radius 2 is 2.50 bits per heavy atom. The largest absolute Gasteiger partial charge is 0.376 e. The van der Waals surface area contributed by atoms with Crippen LogP contribution in [0.1, 0.15) is 42.7 Å². The summed E-state index contributed by atoms with van der Waals surface area (Å²) >= 11 is 1.83. The molecule has 0 bridgehead atoms. The van der Waals surface area contributed by atoms with Gasteiger partial charge in [0.05, 0.1) is 12.1 Å². The summed E-state index contributed by atoms with van der Waals surface area (Å²) in [7, 11) is 0. The van der Waals surface area contributed by atoms with Gasteiger partial charge in [0.25, 0.3) is 0 Å². The zero-order valence-corrected chi connectivity index (χ0v) is 11.0. The van der Waals surface area contributed by atoms with Gasteiger partial charge >= 0.3 is 0 Å². The molecule has 0 spiro atoms. The number of thiophene rings is 1. The van der Waals surface area contributed by atoms with Crippen LogP contribution in [-0.2, 0) is 4.74 Å². The number of rotatable bonds is 5. The van der Waals surface area contributed by atoms with Gasteiger partial charge in [-0.2, -0.15) is 0 Å². The third-order valence-electron chi connectivity index (χ3n) is 3.06. The maximum atomic E-state index is 5.82. The standard InChI is InChI=1S/C13H21NOS/c1-3-6-14-13(12-5-4-7-15-12)11-8-10(2)16-9-11/h8-9,12-14H,3-7H2,1-2H3. The second-order valence-electron chi connectivity index (χ2n) is 4.47. The molecular formula is C13H21NOS. The van der Waals surface area contributed by atoms with Crippen molar-refractivity contribution in [2.24, 2.45) is 0 Å². The molecule has 1 N–H and O–H groups in total. The molecule has 3 heteroatoms. The van der Waals surface area contributed by atoms with E-state index < -0.39 is 0 Å². The van der Waals surface area contributed by atoms with Gasteiger partial charge in [-0.25, -0.2) is 0 Å². The van der Waals surface area contributed by atoms with E-state index in [-0.39, 0.29) is 0 Å². The molecule has 90 valence electrons. The molecule has 1 fully saturated rings. The second kappa shape index (κ2) is 5.80. The number of nitrogens with one attached hydrogen (secondary N) is 1. The van der Waals surface area contributed by atoms with E-state index >= 15 is 0 Å². The third-order valence-corrected chi connectivity index (χ3v) is 3.94. The van der Waals surface area contributed by atoms with E-state index in [1.54, 1.807) is 0 Å². The summed E-state index contributed by atoms with van der Waals surface area (Å²) in [6, 6.07) is 2.69. The molecule has 2 rings (SSSR count). The number of aryl methyl sites for hydroxylation is 1. The summed E-state index contributed by atoms with van der Waals surface area (Å²) in [5.41, 5.74) is 1.41. The lowest BCUT2D eigenvalue weighted by Gasteiger charge is -2.23. The molecule has 1 aliphatic rings. The smallest absolute Gasteiger partial charge is 0.0770 e. The lowest BCUT2D eigenvalue weighted by molar-refractivity contribution is 0.0784. The molecule has 0 radical (unpaired) electrons. The third kappa shape index (κ3) is 2.84. The fourth-order valence-corrected chi connectivity index (χ4v) is 3.00. The summed E-state index contributed by atoms with van der Waals surface area (Å²) in [4.78, 5) is 1.39. The van der Waals surface area contributed by atoms with E-state index in [2.05, 4.69) is 30.6 Å². The highest BCUT2D eigenvalue weighted by Gasteiger charge is 2.27. The highest BCUT2D eigenvalue weighted by molar-refractivity contribution is 7.10. The molecule has 0 aliphatic carbocycles. The van der Waals surface area contributed by atoms with Crippen molar-refractivity contribution in [1.82, 2.24) is 5.32 Å². The van der Waals surface area contributed by atoms with Gasteiger partial charge in [0, 0.05) is 11.5 Å². The minimum Gasteiger partial charge on any atom is -0.376 e. The Morgan fingerprint density at radius 1 is 1.62 bits per heavy atom. The molecule has 16 heavy (non-hydrogen) atoms. The highest BCUT2D eigenvalue weighted by atomic mass is 32.1. The maximum Gasteiger partial charge on any atom is 0.0770 e. The molecule has 1 aromatic heterocycles. The molecule has 2 nitrogen and oxygen atoms in total. The zero-order valence-electron chi connectivity index (χ0n) is 10.2. The first-order chi connectivity index (χ1) is 7.81. The van der Waals surface area contributed by atoms with Crippen LogP contribution in [0.4, 0.5) is 0 Å². The van der Waals surface area contributed by atoms with E-state index in [4.69, 9.17) is 4.74 Å². The lowest BCUT2D eigenvalue weighted by atomic mass is 10.0. The average molecular weight is 239 g/mol. The van der Waals surface area contributed by atoms with Gasteiger partial charge in [-0.3, -0.25) is 0 Å². The highest BCUT2D eigenvalue weighted by Crippen LogP contribution is 2.29. The Morgan fingerprint density at radius 3 is 3.06 bits per heavy atom. The van der Waals surface area contributed by atoms with Crippen molar-refractivity contribution in [1.29, 1.82) is 0 Å². The van der Waals surface area contributed by atoms with E-state index in [0.29, 0.717) is 12.1 Å². The van der Waals surface area contributed by atoms with Gasteiger partial charge in [0.15, 0.2) is 0 Å². The molecular weight excluding hydrogens is 218 g/mol. The lowest BCUT2D eigenvalue weighted by Crippen LogP contribution is -2.31. The summed E-state index contributed by atoms with van der Waals surface area (Å²) in [5.74, 6) is 0. The van der Waals surface area contributed by atoms with Crippen LogP contribution in [0, 0.1) is 6.92 Å². The molecule has 2 atom stereocenters. The molecule has 0 saturated carbocycles. The normalized spacial score (nSPS) is 22.5. The van der Waals surface area contributed by atoms with Crippen molar-refractivity contribution in [3.8, 4) is 0 Å². The Kier molecular flexibility index (Phi) is 4.38. The monoisotopic (exact) mass is 239 g/mol. The Labute approximate surface area is 102 Å². The first-order valence-corrected chi connectivity index (χ1v) is 7.09. The minimum absolute atomic E-state index is 0.376. The first-order valence-electron chi connectivity index (χ1n) is 6.21. The molecule has 0 amide bonds. The molecule has 2 unspecified atom stereocenters. The van der Waals surface area contributed by atoms with Gasteiger partial charge in [-0.1, -0.05) is 6.92 Å². The fraction of sp³-hybridized carbons (Fsp3) is 0.692. The fourth-order valence-electron chi connectivity index (χ4n) is 2.26. The molecule has 2 heterocycles. The van der Waals surface area contributed by atoms with Crippen LogP contribution in [-0.4, -0.2) is 19.3 Å². The van der Waals surface area contributed by atoms with Gasteiger partial charge < -0.3 is 10.1 Å². The maximum absolute atomic E-state index is 5.82. The number of hydrogen-bond acceptors (Lipinski definition) is 3. The van der Waals surface area contributed by atoms with Crippen molar-refractivity contribution in [3.63, 3.8) is 0 Å². The van der Waals surface area contributed by atoms with Crippen LogP contribution >= 0.6 is 11.3 Å². The summed E-state index contributed by atoms with van der Waals surface area (Å²) < 4.78 is 5.82. The molecule has 1 aromatic rings. The Hall–Kier alpha value is -0.380. The van der Waals surface area contributed by atoms with Crippen LogP contribution < -0.4 is 5.32 Å². The van der Waals surface area contributed by atoms with Gasteiger partial charge in [0.2, 0.25) is 0 Å². The van der Waals surface area contributed by atoms with Crippen LogP contribution in [0.3, 0.4) is 0 Å². The van der Waals surface area contributed by atoms with Crippen LogP contribution in [0.2, 0.25) is 0 Å². The SMILES string of the molecule is CCCNC(c1csc(C)c1)C1CCCO1. The zero-order chi connectivity index (χ0) is 11.4. The Balaban J connectivity index is 2.06. The molecule has 1 saturated heterocycles. The van der Waals surface area contributed by atoms with Crippen molar-refractivity contribution < 1.29 is 4.74 Å². The average Bonchev–Trinajstić information content (AvgIpc) is 2.91. The van der Waals surface area contributed by atoms with E-state index in [1.165, 1.54) is 29.7 Å². The summed E-state index contributed by atoms with van der Waals surface area (Å²) in [5, 5.41) is 5.89. The van der Waals surface area contributed by atoms with Gasteiger partial charge in [-0.15, -0.1) is 11.3 Å². The topological polar surface area (TPSA) is 21.3 Å². The second-order valence-corrected chi connectivity index (χ2v) is 5.59. The summed E-state index contributed by atoms with van der Waals surface area (Å²) in [6.45, 7) is 6.37. The predicted octanol–water partition coefficient (Wildman–Crippen LogP) is 3.28. The van der Waals surface area contributed by atoms with Crippen molar-refractivity contribution in [2.45, 2.75) is 45.3 Å². The predicted molar refractivity (Wildman–Crippen MR) is 69.1 cm³/mol. The molecule has 0 aromatic carbocycles. The van der Waals surface area contributed by atoms with Crippen LogP contribution in [0.5, 0.6) is 0 Å². The van der Waals surface area contributed by atoms with Gasteiger partial charge in [-0.05, 0) is 49.7 Å². The number of hydrogen-bond donors (Lipinski definition) is 1. The van der Waals surface area contributed by atoms with Crippen LogP contribution in [0.15, 0.2) is 11.4 Å². The van der Waals surface area contributed by atoms with Crippen molar-refractivity contribution >= 4 is 11.3 Å². The number of ether oxygens (including phenoxy) is 1. The van der Waals surface area contributed by atoms with E-state index in [0.717, 1.165) is 13.2 Å². The summed E-state index contributed by atoms with van der Waals surface area (Å²) in [6.07, 6.45) is 3.95. The Bertz CT molecular complexity index is 317. The quantitative estimate of drug-likeness (QED) is 0.851. The van der Waals surface area contributed by atoms with E-state index in [1.807, 2.05) is 11.3 Å². The van der Waals surface area contributed by atoms with Gasteiger partial charge in [0.1, 0.15) is 0 Å². The van der Waals surface area contributed by atoms with Crippen LogP contribution in [0.25, 0.3) is 0 Å². The first kappa shape index (κ1) is 12.1. The minimum atomic E-state index is 0.376. The van der Waals surface area contributed by atoms with Crippen molar-refractivity contribution in [3.05, 3.63) is 21.9 Å². The van der Waals surface area contributed by atoms with E-state index in [9.17, 15) is 0 Å². The van der Waals surface area contributed by atoms with Crippen molar-refractivity contribution in [2.75, 3.05) is 13.2 Å². The molecule has 1 aliphatic heterocycles.